The van der Waals surface area contributed by atoms with Crippen LogP contribution in [0.3, 0.4) is 0 Å². The Balaban J connectivity index is 1.56. The van der Waals surface area contributed by atoms with Crippen LogP contribution in [-0.4, -0.2) is 39.9 Å². The standard InChI is InChI=1S/C32H17N8.8CH3.Cu/c1-2-10-18-17(9-1)25-33-26(18)38-28-21-13-5-6-14-22(21)30(35-28)40-32-24-16-8-7-15-23(24)31(36-32)39-29-20-12-4-3-11-19(20)27(34-29)37-25;;;;;;;;;/h1-15H,(H2,33,34,35,36,37,38,39,40);8*1H3;. The molecule has 49 heavy (non-hydrogen) atoms. The number of hydrogen-bond donors (Lipinski definition) is 2. The fraction of sp³-hybridized carbons (Fsp3) is 0.200. The van der Waals surface area contributed by atoms with Crippen molar-refractivity contribution < 1.29 is 7.57 Å². The van der Waals surface area contributed by atoms with Crippen LogP contribution >= 0.6 is 0 Å². The molecule has 9 heteroatoms. The van der Waals surface area contributed by atoms with Gasteiger partial charge in [0.2, 0.25) is 0 Å². The number of fused-ring (bicyclic) bond motifs is 20. The molecule has 2 N–H and O–H groups in total. The van der Waals surface area contributed by atoms with E-state index < -0.39 is 7.57 Å². The monoisotopic (exact) mass is 696 g/mol. The van der Waals surface area contributed by atoms with Gasteiger partial charge in [-0.3, -0.25) is 0 Å². The molecule has 0 atom stereocenters. The third kappa shape index (κ3) is 4.79. The van der Waals surface area contributed by atoms with E-state index >= 15 is 0 Å². The summed E-state index contributed by atoms with van der Waals surface area (Å²) in [5, 5.41) is 3.88. The molecule has 9 rings (SSSR count). The summed E-state index contributed by atoms with van der Waals surface area (Å²) in [6.45, 7) is 0. The van der Waals surface area contributed by atoms with Crippen LogP contribution in [0.15, 0.2) is 91.0 Å². The molecule has 0 spiro atoms. The van der Waals surface area contributed by atoms with Gasteiger partial charge >= 0.3 is 273 Å². The van der Waals surface area contributed by atoms with E-state index in [-0.39, 0.29) is 0 Å². The van der Waals surface area contributed by atoms with Gasteiger partial charge < -0.3 is 0 Å². The predicted octanol–water partition coefficient (Wildman–Crippen LogP) is 10.7. The van der Waals surface area contributed by atoms with Crippen molar-refractivity contribution in [1.29, 1.82) is 0 Å². The molecule has 8 bridgehead atoms. The van der Waals surface area contributed by atoms with Crippen molar-refractivity contribution in [3.63, 3.8) is 0 Å². The van der Waals surface area contributed by atoms with Crippen LogP contribution in [-0.2, 0) is 7.57 Å². The fourth-order valence-corrected chi connectivity index (χ4v) is 10.1. The van der Waals surface area contributed by atoms with Crippen LogP contribution in [0.2, 0.25) is 46.6 Å². The Kier molecular flexibility index (Phi) is 4.14. The van der Waals surface area contributed by atoms with Crippen molar-refractivity contribution in [2.24, 2.45) is 0 Å². The molecule has 0 unspecified atom stereocenters. The molecule has 7 aromatic rings. The summed E-state index contributed by atoms with van der Waals surface area (Å²) < 4.78 is 1.20. The minimum atomic E-state index is -4.57. The van der Waals surface area contributed by atoms with Crippen LogP contribution in [0.25, 0.3) is 89.7 Å². The second-order valence-electron chi connectivity index (χ2n) is 19.5. The molecule has 2 aliphatic rings. The number of nitrogens with zero attached hydrogens (tertiary/aromatic N) is 6. The van der Waals surface area contributed by atoms with Gasteiger partial charge in [0.15, 0.2) is 0 Å². The van der Waals surface area contributed by atoms with Crippen molar-refractivity contribution in [1.82, 2.24) is 39.9 Å². The van der Waals surface area contributed by atoms with E-state index in [0.29, 0.717) is 45.9 Å². The average Bonchev–Trinajstić information content (AvgIpc) is 3.75. The van der Waals surface area contributed by atoms with Gasteiger partial charge in [-0.15, -0.1) is 0 Å². The Bertz CT molecular complexity index is 2890. The summed E-state index contributed by atoms with van der Waals surface area (Å²) in [6.07, 6.45) is 0. The predicted molar refractivity (Wildman–Crippen MR) is 203 cm³/mol. The van der Waals surface area contributed by atoms with Gasteiger partial charge in [0, 0.05) is 0 Å². The molecule has 0 saturated heterocycles. The van der Waals surface area contributed by atoms with Crippen LogP contribution in [0.1, 0.15) is 0 Å². The molecule has 0 amide bonds. The van der Waals surface area contributed by atoms with Crippen molar-refractivity contribution >= 4 is 48.6 Å². The van der Waals surface area contributed by atoms with Crippen molar-refractivity contribution in [2.45, 2.75) is 46.6 Å². The Hall–Kier alpha value is -5.24. The van der Waals surface area contributed by atoms with E-state index in [1.807, 2.05) is 42.5 Å². The van der Waals surface area contributed by atoms with Crippen LogP contribution in [0, 0.1) is 0 Å². The number of H-pyrrole nitrogens is 2. The average molecular weight is 697 g/mol. The van der Waals surface area contributed by atoms with Gasteiger partial charge in [0.05, 0.1) is 0 Å². The molecule has 0 radical (unpaired) electrons. The third-order valence-corrected chi connectivity index (χ3v) is 13.2. The number of hydrogen-bond acceptors (Lipinski definition) is 6. The molecule has 3 aromatic heterocycles. The first kappa shape index (κ1) is 29.9. The second-order valence-corrected chi connectivity index (χ2v) is 50.2. The van der Waals surface area contributed by atoms with E-state index in [1.54, 1.807) is 0 Å². The molecule has 8 nitrogen and oxygen atoms in total. The van der Waals surface area contributed by atoms with Crippen molar-refractivity contribution in [3.05, 3.63) is 91.0 Å². The quantitative estimate of drug-likeness (QED) is 0.165. The van der Waals surface area contributed by atoms with Crippen LogP contribution in [0.5, 0.6) is 0 Å². The molecule has 0 saturated carbocycles. The van der Waals surface area contributed by atoms with E-state index in [9.17, 15) is 0 Å². The van der Waals surface area contributed by atoms with Gasteiger partial charge in [-0.25, -0.2) is 0 Å². The number of aromatic nitrogens is 8. The maximum atomic E-state index is 5.36. The van der Waals surface area contributed by atoms with Gasteiger partial charge in [-0.2, -0.15) is 0 Å². The molecule has 4 aromatic carbocycles. The number of benzene rings is 4. The van der Waals surface area contributed by atoms with E-state index in [4.69, 9.17) is 29.9 Å². The maximum absolute atomic E-state index is 5.36. The van der Waals surface area contributed by atoms with E-state index in [1.165, 1.54) is 4.46 Å². The Morgan fingerprint density at radius 1 is 0.367 bits per heavy atom. The van der Waals surface area contributed by atoms with Crippen LogP contribution < -0.4 is 4.46 Å². The number of rotatable bonds is 1. The minimum absolute atomic E-state index is 0.590. The molecule has 0 aliphatic carbocycles. The molecule has 5 heterocycles. The second kappa shape index (κ2) is 6.79. The molecule has 252 valence electrons. The van der Waals surface area contributed by atoms with E-state index in [2.05, 4.69) is 105 Å². The topological polar surface area (TPSA) is 109 Å². The van der Waals surface area contributed by atoms with Gasteiger partial charge in [0.25, 0.3) is 0 Å². The zero-order chi connectivity index (χ0) is 34.4. The SMILES string of the molecule is [CH3][Cu]([CH3])([CH3])([CH3])([CH3])([CH3])([CH3])([CH3])[c]1cccc2c3nc4nc(nc5[nH]c(nc6nc(nc([nH]3)c12)-c1ccccc1-6)c1ccccc51)-c1ccccc1-4. The molecule has 0 fully saturated rings. The zero-order valence-corrected chi connectivity index (χ0v) is 30.1. The summed E-state index contributed by atoms with van der Waals surface area (Å²) in [5.41, 5.74) is 6.42. The number of aromatic amines is 2. The summed E-state index contributed by atoms with van der Waals surface area (Å²) in [5.74, 6) is 21.8. The summed E-state index contributed by atoms with van der Waals surface area (Å²) >= 11 is 0. The first-order chi connectivity index (χ1) is 22.5. The van der Waals surface area contributed by atoms with Gasteiger partial charge in [0.1, 0.15) is 0 Å². The van der Waals surface area contributed by atoms with Crippen LogP contribution in [0.4, 0.5) is 0 Å². The molecular weight excluding hydrogens is 656 g/mol. The molecule has 2 aliphatic heterocycles. The Morgan fingerprint density at radius 3 is 1.14 bits per heavy atom. The zero-order valence-electron chi connectivity index (χ0n) is 29.1. The Labute approximate surface area is 278 Å². The summed E-state index contributed by atoms with van der Waals surface area (Å²) in [4.78, 5) is 38.2. The van der Waals surface area contributed by atoms with Gasteiger partial charge in [-0.1, -0.05) is 6.07 Å². The first-order valence-electron chi connectivity index (χ1n) is 15.5. The van der Waals surface area contributed by atoms with Crippen molar-refractivity contribution in [3.8, 4) is 45.6 Å². The summed E-state index contributed by atoms with van der Waals surface area (Å²) in [6, 6.07) is 30.9. The molecular formula is C40H41CuN8. The Morgan fingerprint density at radius 2 is 0.714 bits per heavy atom. The van der Waals surface area contributed by atoms with E-state index in [0.717, 1.165) is 43.8 Å². The van der Waals surface area contributed by atoms with Crippen molar-refractivity contribution in [2.75, 3.05) is 0 Å². The third-order valence-electron chi connectivity index (χ3n) is 8.80. The summed E-state index contributed by atoms with van der Waals surface area (Å²) in [7, 11) is -4.57. The van der Waals surface area contributed by atoms with Gasteiger partial charge in [-0.05, 0) is 0 Å². The fourth-order valence-electron chi connectivity index (χ4n) is 6.63. The normalized spacial score (nSPS) is 17.1. The number of nitrogens with one attached hydrogen (secondary N) is 2. The first-order valence-corrected chi connectivity index (χ1v) is 23.5.